The molecule has 1 aromatic heterocycles. The Morgan fingerprint density at radius 2 is 1.73 bits per heavy atom. The average molecular weight is 503 g/mol. The number of amides is 3. The van der Waals surface area contributed by atoms with Crippen LogP contribution >= 0.6 is 24.4 Å². The van der Waals surface area contributed by atoms with Crippen LogP contribution in [0.3, 0.4) is 0 Å². The van der Waals surface area contributed by atoms with Gasteiger partial charge in [-0.25, -0.2) is 9.78 Å². The zero-order chi connectivity index (χ0) is 25.0. The topological polar surface area (TPSA) is 179 Å². The number of aliphatic carboxylic acids is 1. The number of aromatic nitrogens is 2. The van der Waals surface area contributed by atoms with E-state index in [4.69, 9.17) is 5.73 Å². The molecule has 33 heavy (non-hydrogen) atoms. The highest BCUT2D eigenvalue weighted by Crippen LogP contribution is 2.08. The third-order valence-corrected chi connectivity index (χ3v) is 5.72. The Morgan fingerprint density at radius 3 is 2.24 bits per heavy atom. The third-order valence-electron chi connectivity index (χ3n) is 4.71. The van der Waals surface area contributed by atoms with Crippen LogP contribution in [0.1, 0.15) is 32.4 Å². The van der Waals surface area contributed by atoms with E-state index in [2.05, 4.69) is 38.5 Å². The second-order valence-corrected chi connectivity index (χ2v) is 9.35. The quantitative estimate of drug-likeness (QED) is 0.158. The van der Waals surface area contributed by atoms with Crippen LogP contribution in [0.15, 0.2) is 12.5 Å². The van der Waals surface area contributed by atoms with Crippen LogP contribution in [0.2, 0.25) is 0 Å². The van der Waals surface area contributed by atoms with Gasteiger partial charge in [-0.1, -0.05) is 13.8 Å². The Morgan fingerprint density at radius 1 is 1.12 bits per heavy atom. The molecule has 1 heterocycles. The molecule has 1 rings (SSSR count). The van der Waals surface area contributed by atoms with Gasteiger partial charge in [0.15, 0.2) is 0 Å². The number of thioether (sulfide) groups is 1. The highest BCUT2D eigenvalue weighted by molar-refractivity contribution is 7.98. The van der Waals surface area contributed by atoms with Gasteiger partial charge in [0, 0.05) is 24.1 Å². The maximum Gasteiger partial charge on any atom is 0.326 e. The number of H-pyrrole nitrogens is 1. The fourth-order valence-electron chi connectivity index (χ4n) is 2.94. The first kappa shape index (κ1) is 28.8. The van der Waals surface area contributed by atoms with E-state index < -0.39 is 47.9 Å². The van der Waals surface area contributed by atoms with Gasteiger partial charge in [-0.05, 0) is 30.8 Å². The lowest BCUT2D eigenvalue weighted by atomic mass is 10.0. The maximum absolute atomic E-state index is 12.8. The largest absolute Gasteiger partial charge is 0.480 e. The second kappa shape index (κ2) is 14.8. The second-order valence-electron chi connectivity index (χ2n) is 8.00. The van der Waals surface area contributed by atoms with E-state index in [1.807, 2.05) is 20.1 Å². The molecule has 0 saturated carbocycles. The van der Waals surface area contributed by atoms with Crippen molar-refractivity contribution in [3.63, 3.8) is 0 Å². The lowest BCUT2D eigenvalue weighted by molar-refractivity contribution is -0.142. The minimum Gasteiger partial charge on any atom is -0.480 e. The number of aromatic amines is 1. The molecule has 11 nitrogen and oxygen atoms in total. The minimum atomic E-state index is -1.14. The molecule has 186 valence electrons. The number of thiol groups is 1. The predicted molar refractivity (Wildman–Crippen MR) is 130 cm³/mol. The van der Waals surface area contributed by atoms with E-state index in [0.29, 0.717) is 17.9 Å². The van der Waals surface area contributed by atoms with Gasteiger partial charge in [0.1, 0.15) is 18.1 Å². The van der Waals surface area contributed by atoms with Crippen LogP contribution in [0.4, 0.5) is 0 Å². The molecule has 4 unspecified atom stereocenters. The number of nitrogens with zero attached hydrogens (tertiary/aromatic N) is 1. The van der Waals surface area contributed by atoms with Crippen LogP contribution in [-0.4, -0.2) is 80.7 Å². The summed E-state index contributed by atoms with van der Waals surface area (Å²) in [4.78, 5) is 56.2. The van der Waals surface area contributed by atoms with Crippen molar-refractivity contribution >= 4 is 48.1 Å². The molecule has 4 atom stereocenters. The molecule has 1 aromatic rings. The Labute approximate surface area is 203 Å². The molecule has 0 aliphatic rings. The first-order chi connectivity index (χ1) is 15.6. The van der Waals surface area contributed by atoms with E-state index in [1.54, 1.807) is 6.20 Å². The van der Waals surface area contributed by atoms with Crippen molar-refractivity contribution in [2.75, 3.05) is 17.8 Å². The predicted octanol–water partition coefficient (Wildman–Crippen LogP) is -0.452. The van der Waals surface area contributed by atoms with Gasteiger partial charge < -0.3 is 31.8 Å². The molecule has 3 amide bonds. The van der Waals surface area contributed by atoms with E-state index in [9.17, 15) is 24.3 Å². The van der Waals surface area contributed by atoms with Crippen LogP contribution in [-0.2, 0) is 25.6 Å². The molecular weight excluding hydrogens is 468 g/mol. The molecule has 0 fully saturated rings. The molecule has 0 aromatic carbocycles. The highest BCUT2D eigenvalue weighted by Gasteiger charge is 2.30. The fourth-order valence-corrected chi connectivity index (χ4v) is 3.67. The van der Waals surface area contributed by atoms with Crippen molar-refractivity contribution in [2.45, 2.75) is 57.3 Å². The van der Waals surface area contributed by atoms with Gasteiger partial charge in [-0.2, -0.15) is 24.4 Å². The average Bonchev–Trinajstić information content (AvgIpc) is 3.26. The number of hydrogen-bond acceptors (Lipinski definition) is 8. The number of hydrogen-bond donors (Lipinski definition) is 7. The smallest absolute Gasteiger partial charge is 0.326 e. The van der Waals surface area contributed by atoms with E-state index in [0.717, 1.165) is 0 Å². The summed E-state index contributed by atoms with van der Waals surface area (Å²) >= 11 is 5.61. The maximum atomic E-state index is 12.8. The zero-order valence-electron chi connectivity index (χ0n) is 19.0. The molecule has 0 spiro atoms. The van der Waals surface area contributed by atoms with Crippen LogP contribution in [0, 0.1) is 5.92 Å². The van der Waals surface area contributed by atoms with E-state index in [-0.39, 0.29) is 24.5 Å². The molecule has 0 radical (unpaired) electrons. The molecule has 0 bridgehead atoms. The summed E-state index contributed by atoms with van der Waals surface area (Å²) in [5, 5.41) is 17.0. The third kappa shape index (κ3) is 10.5. The summed E-state index contributed by atoms with van der Waals surface area (Å²) in [6.45, 7) is 3.75. The molecule has 0 saturated heterocycles. The lowest BCUT2D eigenvalue weighted by Crippen LogP contribution is -2.58. The van der Waals surface area contributed by atoms with Crippen molar-refractivity contribution in [1.82, 2.24) is 25.9 Å². The highest BCUT2D eigenvalue weighted by atomic mass is 32.2. The Balaban J connectivity index is 2.79. The normalized spacial score (nSPS) is 14.7. The number of carbonyl (C=O) groups excluding carboxylic acids is 3. The number of nitrogens with one attached hydrogen (secondary N) is 4. The van der Waals surface area contributed by atoms with Gasteiger partial charge in [-0.15, -0.1) is 0 Å². The monoisotopic (exact) mass is 502 g/mol. The SMILES string of the molecule is CSCCC(NC(=O)C(CC(C)C)NC(=O)C(CS)NC(=O)C(N)Cc1cnc[nH]1)C(=O)O. The number of carboxylic acids is 1. The summed E-state index contributed by atoms with van der Waals surface area (Å²) in [7, 11) is 0. The summed E-state index contributed by atoms with van der Waals surface area (Å²) in [6, 6.07) is -3.96. The van der Waals surface area contributed by atoms with E-state index in [1.165, 1.54) is 18.1 Å². The number of carboxylic acid groups (broad SMARTS) is 1. The van der Waals surface area contributed by atoms with Crippen molar-refractivity contribution in [2.24, 2.45) is 11.7 Å². The van der Waals surface area contributed by atoms with Crippen LogP contribution in [0.5, 0.6) is 0 Å². The van der Waals surface area contributed by atoms with Gasteiger partial charge >= 0.3 is 5.97 Å². The Bertz CT molecular complexity index is 777. The first-order valence-corrected chi connectivity index (χ1v) is 12.6. The fraction of sp³-hybridized carbons (Fsp3) is 0.650. The summed E-state index contributed by atoms with van der Waals surface area (Å²) in [6.07, 6.45) is 5.62. The van der Waals surface area contributed by atoms with Gasteiger partial charge in [-0.3, -0.25) is 14.4 Å². The van der Waals surface area contributed by atoms with Crippen molar-refractivity contribution in [3.8, 4) is 0 Å². The van der Waals surface area contributed by atoms with Gasteiger partial charge in [0.05, 0.1) is 12.4 Å². The van der Waals surface area contributed by atoms with Gasteiger partial charge in [0.25, 0.3) is 0 Å². The number of imidazole rings is 1. The number of rotatable bonds is 15. The molecule has 0 aliphatic heterocycles. The molecular formula is C20H34N6O5S2. The summed E-state index contributed by atoms with van der Waals surface area (Å²) < 4.78 is 0. The standard InChI is InChI=1S/C20H34N6O5S2/c1-11(2)6-15(18(28)24-14(20(30)31)4-5-33-3)25-19(29)16(9-32)26-17(27)13(21)7-12-8-22-10-23-12/h8,10-11,13-16,32H,4-7,9,21H2,1-3H3,(H,22,23)(H,24,28)(H,25,29)(H,26,27)(H,30,31). The van der Waals surface area contributed by atoms with Crippen molar-refractivity contribution in [1.29, 1.82) is 0 Å². The molecule has 0 aliphatic carbocycles. The van der Waals surface area contributed by atoms with Crippen LogP contribution < -0.4 is 21.7 Å². The number of nitrogens with two attached hydrogens (primary N) is 1. The Kier molecular flexibility index (Phi) is 12.9. The van der Waals surface area contributed by atoms with Crippen molar-refractivity contribution < 1.29 is 24.3 Å². The Hall–Kier alpha value is -2.25. The van der Waals surface area contributed by atoms with Gasteiger partial charge in [0.2, 0.25) is 17.7 Å². The summed E-state index contributed by atoms with van der Waals surface area (Å²) in [5.41, 5.74) is 6.59. The summed E-state index contributed by atoms with van der Waals surface area (Å²) in [5.74, 6) is -2.30. The first-order valence-electron chi connectivity index (χ1n) is 10.6. The number of carbonyl (C=O) groups is 4. The van der Waals surface area contributed by atoms with E-state index >= 15 is 0 Å². The van der Waals surface area contributed by atoms with Crippen molar-refractivity contribution in [3.05, 3.63) is 18.2 Å². The molecule has 7 N–H and O–H groups in total. The lowest BCUT2D eigenvalue weighted by Gasteiger charge is -2.25. The minimum absolute atomic E-state index is 0.0180. The molecule has 13 heteroatoms. The van der Waals surface area contributed by atoms with Crippen LogP contribution in [0.25, 0.3) is 0 Å². The zero-order valence-corrected chi connectivity index (χ0v) is 20.7.